The molecule has 10 nitrogen and oxygen atoms in total. The Bertz CT molecular complexity index is 542. The minimum Gasteiger partial charge on any atom is -0.378 e. The van der Waals surface area contributed by atoms with Gasteiger partial charge in [-0.3, -0.25) is 0 Å². The van der Waals surface area contributed by atoms with E-state index in [1.165, 1.54) is 0 Å². The molecule has 1 aliphatic heterocycles. The number of hydrogen-bond donors (Lipinski definition) is 3. The number of anilines is 3. The molecule has 0 unspecified atom stereocenters. The van der Waals surface area contributed by atoms with Crippen LogP contribution in [0, 0.1) is 5.92 Å². The van der Waals surface area contributed by atoms with E-state index in [1.54, 1.807) is 0 Å². The van der Waals surface area contributed by atoms with Crippen molar-refractivity contribution in [2.75, 3.05) is 87.9 Å². The van der Waals surface area contributed by atoms with E-state index in [0.717, 1.165) is 26.1 Å². The Labute approximate surface area is 167 Å². The number of nitrogens with zero attached hydrogens (tertiary/aromatic N) is 4. The monoisotopic (exact) mass is 397 g/mol. The lowest BCUT2D eigenvalue weighted by Crippen LogP contribution is -2.37. The van der Waals surface area contributed by atoms with Crippen molar-refractivity contribution in [3.63, 3.8) is 0 Å². The molecule has 10 heteroatoms. The first-order chi connectivity index (χ1) is 13.7. The van der Waals surface area contributed by atoms with Gasteiger partial charge in [-0.05, 0) is 12.3 Å². The summed E-state index contributed by atoms with van der Waals surface area (Å²) in [7, 11) is 0. The fourth-order valence-electron chi connectivity index (χ4n) is 2.54. The number of nitrogens with two attached hydrogens (primary N) is 1. The van der Waals surface area contributed by atoms with Crippen LogP contribution >= 0.6 is 0 Å². The van der Waals surface area contributed by atoms with Crippen molar-refractivity contribution in [2.24, 2.45) is 11.7 Å². The van der Waals surface area contributed by atoms with Gasteiger partial charge >= 0.3 is 0 Å². The Morgan fingerprint density at radius 2 is 1.61 bits per heavy atom. The summed E-state index contributed by atoms with van der Waals surface area (Å²) in [6, 6.07) is 0. The molecule has 0 aromatic carbocycles. The van der Waals surface area contributed by atoms with Gasteiger partial charge in [0.25, 0.3) is 0 Å². The number of rotatable bonds is 14. The molecule has 2 rings (SSSR count). The molecule has 0 aliphatic carbocycles. The van der Waals surface area contributed by atoms with Crippen molar-refractivity contribution in [1.82, 2.24) is 15.0 Å². The second-order valence-electron chi connectivity index (χ2n) is 6.93. The van der Waals surface area contributed by atoms with Gasteiger partial charge in [-0.1, -0.05) is 13.8 Å². The summed E-state index contributed by atoms with van der Waals surface area (Å²) in [5.41, 5.74) is 5.37. The largest absolute Gasteiger partial charge is 0.378 e. The fourth-order valence-corrected chi connectivity index (χ4v) is 2.54. The quantitative estimate of drug-likeness (QED) is 0.384. The van der Waals surface area contributed by atoms with E-state index in [4.69, 9.17) is 19.9 Å². The van der Waals surface area contributed by atoms with Gasteiger partial charge in [-0.25, -0.2) is 0 Å². The van der Waals surface area contributed by atoms with E-state index >= 15 is 0 Å². The standard InChI is InChI=1S/C18H35N7O3/c1-15(2)3-5-20-16-22-17(21-6-10-27-14-13-26-9-4-19)24-18(23-16)25-7-11-28-12-8-25/h15H,3-14,19H2,1-2H3,(H2,20,21,22,23,24). The minimum atomic E-state index is 0.528. The highest BCUT2D eigenvalue weighted by Crippen LogP contribution is 2.15. The van der Waals surface area contributed by atoms with Gasteiger partial charge in [-0.2, -0.15) is 15.0 Å². The first kappa shape index (κ1) is 22.5. The van der Waals surface area contributed by atoms with Gasteiger partial charge < -0.3 is 35.5 Å². The normalized spacial score (nSPS) is 14.5. The van der Waals surface area contributed by atoms with Crippen LogP contribution in [0.4, 0.5) is 17.8 Å². The second-order valence-corrected chi connectivity index (χ2v) is 6.93. The van der Waals surface area contributed by atoms with Gasteiger partial charge in [0.05, 0.1) is 39.6 Å². The summed E-state index contributed by atoms with van der Waals surface area (Å²) in [4.78, 5) is 15.7. The van der Waals surface area contributed by atoms with Crippen molar-refractivity contribution in [3.05, 3.63) is 0 Å². The van der Waals surface area contributed by atoms with E-state index < -0.39 is 0 Å². The number of nitrogens with one attached hydrogen (secondary N) is 2. The van der Waals surface area contributed by atoms with E-state index in [1.807, 2.05) is 0 Å². The molecule has 4 N–H and O–H groups in total. The molecule has 1 aromatic heterocycles. The van der Waals surface area contributed by atoms with Crippen molar-refractivity contribution in [2.45, 2.75) is 20.3 Å². The summed E-state index contributed by atoms with van der Waals surface area (Å²) >= 11 is 0. The highest BCUT2D eigenvalue weighted by Gasteiger charge is 2.16. The maximum absolute atomic E-state index is 5.53. The minimum absolute atomic E-state index is 0.528. The van der Waals surface area contributed by atoms with Gasteiger partial charge in [0.15, 0.2) is 0 Å². The fraction of sp³-hybridized carbons (Fsp3) is 0.833. The van der Waals surface area contributed by atoms with E-state index in [2.05, 4.69) is 44.3 Å². The first-order valence-electron chi connectivity index (χ1n) is 10.1. The zero-order chi connectivity index (χ0) is 20.0. The Hall–Kier alpha value is -1.75. The Morgan fingerprint density at radius 3 is 2.25 bits per heavy atom. The van der Waals surface area contributed by atoms with Gasteiger partial charge in [0.1, 0.15) is 0 Å². The average Bonchev–Trinajstić information content (AvgIpc) is 2.70. The maximum atomic E-state index is 5.53. The van der Waals surface area contributed by atoms with Crippen LogP contribution in [0.25, 0.3) is 0 Å². The zero-order valence-corrected chi connectivity index (χ0v) is 17.2. The summed E-state index contributed by atoms with van der Waals surface area (Å²) < 4.78 is 16.2. The lowest BCUT2D eigenvalue weighted by atomic mass is 10.1. The molecule has 160 valence electrons. The first-order valence-corrected chi connectivity index (χ1v) is 10.1. The lowest BCUT2D eigenvalue weighted by Gasteiger charge is -2.27. The molecular formula is C18H35N7O3. The number of morpholine rings is 1. The van der Waals surface area contributed by atoms with Crippen LogP contribution < -0.4 is 21.3 Å². The van der Waals surface area contributed by atoms with Gasteiger partial charge in [0, 0.05) is 32.7 Å². The predicted octanol–water partition coefficient (Wildman–Crippen LogP) is 0.570. The summed E-state index contributed by atoms with van der Waals surface area (Å²) in [6.45, 7) is 11.5. The molecule has 2 heterocycles. The van der Waals surface area contributed by atoms with Crippen molar-refractivity contribution in [1.29, 1.82) is 0 Å². The van der Waals surface area contributed by atoms with Crippen LogP contribution in [-0.2, 0) is 14.2 Å². The topological polar surface area (TPSA) is 120 Å². The Kier molecular flexibility index (Phi) is 10.8. The molecular weight excluding hydrogens is 362 g/mol. The lowest BCUT2D eigenvalue weighted by molar-refractivity contribution is 0.0547. The summed E-state index contributed by atoms with van der Waals surface area (Å²) in [5.74, 6) is 2.43. The van der Waals surface area contributed by atoms with Crippen LogP contribution in [0.15, 0.2) is 0 Å². The molecule has 1 aliphatic rings. The van der Waals surface area contributed by atoms with Crippen molar-refractivity contribution < 1.29 is 14.2 Å². The number of hydrogen-bond acceptors (Lipinski definition) is 10. The predicted molar refractivity (Wildman–Crippen MR) is 110 cm³/mol. The highest BCUT2D eigenvalue weighted by molar-refractivity contribution is 5.44. The molecule has 1 fully saturated rings. The van der Waals surface area contributed by atoms with Crippen molar-refractivity contribution >= 4 is 17.8 Å². The Morgan fingerprint density at radius 1 is 0.964 bits per heavy atom. The molecule has 1 saturated heterocycles. The van der Waals surface area contributed by atoms with E-state index in [-0.39, 0.29) is 0 Å². The number of aromatic nitrogens is 3. The van der Waals surface area contributed by atoms with E-state index in [0.29, 0.717) is 76.5 Å². The van der Waals surface area contributed by atoms with Crippen LogP contribution in [-0.4, -0.2) is 87.3 Å². The average molecular weight is 398 g/mol. The van der Waals surface area contributed by atoms with E-state index in [9.17, 15) is 0 Å². The molecule has 0 amide bonds. The van der Waals surface area contributed by atoms with Crippen LogP contribution in [0.1, 0.15) is 20.3 Å². The van der Waals surface area contributed by atoms with Gasteiger partial charge in [0.2, 0.25) is 17.8 Å². The summed E-state index contributed by atoms with van der Waals surface area (Å²) in [6.07, 6.45) is 1.06. The molecule has 28 heavy (non-hydrogen) atoms. The summed E-state index contributed by atoms with van der Waals surface area (Å²) in [5, 5.41) is 6.53. The Balaban J connectivity index is 1.85. The van der Waals surface area contributed by atoms with Crippen LogP contribution in [0.3, 0.4) is 0 Å². The molecule has 0 bridgehead atoms. The van der Waals surface area contributed by atoms with Crippen molar-refractivity contribution in [3.8, 4) is 0 Å². The highest BCUT2D eigenvalue weighted by atomic mass is 16.5. The molecule has 0 saturated carbocycles. The smallest absolute Gasteiger partial charge is 0.232 e. The second kappa shape index (κ2) is 13.4. The molecule has 0 spiro atoms. The SMILES string of the molecule is CC(C)CCNc1nc(NCCOCCOCCN)nc(N2CCOCC2)n1. The van der Waals surface area contributed by atoms with Crippen LogP contribution in [0.5, 0.6) is 0 Å². The maximum Gasteiger partial charge on any atom is 0.232 e. The zero-order valence-electron chi connectivity index (χ0n) is 17.2. The van der Waals surface area contributed by atoms with Crippen LogP contribution in [0.2, 0.25) is 0 Å². The molecule has 1 aromatic rings. The third-order valence-electron chi connectivity index (χ3n) is 4.09. The third kappa shape index (κ3) is 8.96. The number of ether oxygens (including phenoxy) is 3. The van der Waals surface area contributed by atoms with Gasteiger partial charge in [-0.15, -0.1) is 0 Å². The molecule has 0 radical (unpaired) electrons. The third-order valence-corrected chi connectivity index (χ3v) is 4.09. The molecule has 0 atom stereocenters.